The monoisotopic (exact) mass is 286 g/mol. The molecule has 20 heavy (non-hydrogen) atoms. The van der Waals surface area contributed by atoms with Gasteiger partial charge in [0.05, 0.1) is 11.8 Å². The van der Waals surface area contributed by atoms with Crippen molar-refractivity contribution in [3.05, 3.63) is 35.4 Å². The lowest BCUT2D eigenvalue weighted by molar-refractivity contribution is -0.145. The van der Waals surface area contributed by atoms with Crippen molar-refractivity contribution in [1.82, 2.24) is 0 Å². The maximum atomic E-state index is 12.7. The number of alkyl halides is 3. The molecule has 1 aliphatic rings. The van der Waals surface area contributed by atoms with Crippen LogP contribution in [0.3, 0.4) is 0 Å². The van der Waals surface area contributed by atoms with Crippen LogP contribution in [-0.4, -0.2) is 17.3 Å². The van der Waals surface area contributed by atoms with E-state index >= 15 is 0 Å². The Morgan fingerprint density at radius 1 is 1.15 bits per heavy atom. The molecule has 0 atom stereocenters. The number of rotatable bonds is 3. The maximum absolute atomic E-state index is 12.7. The Hall–Kier alpha value is -1.52. The van der Waals surface area contributed by atoms with E-state index < -0.39 is 24.0 Å². The zero-order valence-electron chi connectivity index (χ0n) is 11.0. The summed E-state index contributed by atoms with van der Waals surface area (Å²) in [5.74, 6) is -1.01. The van der Waals surface area contributed by atoms with Crippen molar-refractivity contribution in [2.45, 2.75) is 50.1 Å². The van der Waals surface area contributed by atoms with Crippen molar-refractivity contribution in [1.29, 1.82) is 0 Å². The topological polar surface area (TPSA) is 37.3 Å². The Balaban J connectivity index is 2.46. The lowest BCUT2D eigenvalue weighted by Gasteiger charge is -2.35. The van der Waals surface area contributed by atoms with Crippen molar-refractivity contribution in [2.75, 3.05) is 0 Å². The molecule has 0 spiro atoms. The molecule has 1 aromatic rings. The number of hydrogen-bond donors (Lipinski definition) is 1. The van der Waals surface area contributed by atoms with Crippen molar-refractivity contribution in [3.63, 3.8) is 0 Å². The molecule has 1 aliphatic carbocycles. The van der Waals surface area contributed by atoms with Crippen LogP contribution in [0.2, 0.25) is 0 Å². The number of carboxylic acids is 1. The zero-order valence-corrected chi connectivity index (χ0v) is 11.0. The fourth-order valence-corrected chi connectivity index (χ4v) is 3.11. The van der Waals surface area contributed by atoms with Gasteiger partial charge >= 0.3 is 12.1 Å². The number of carboxylic acid groups (broad SMARTS) is 1. The number of hydrogen-bond acceptors (Lipinski definition) is 1. The molecule has 1 N–H and O–H groups in total. The molecule has 0 amide bonds. The smallest absolute Gasteiger partial charge is 0.393 e. The van der Waals surface area contributed by atoms with Gasteiger partial charge in [-0.1, -0.05) is 43.5 Å². The molecule has 0 bridgehead atoms. The SMILES string of the molecule is O=C(O)C1(c2ccccc2CC(F)(F)F)CCCCC1. The first kappa shape index (κ1) is 14.9. The van der Waals surface area contributed by atoms with E-state index in [1.165, 1.54) is 12.1 Å². The molecule has 0 unspecified atom stereocenters. The third kappa shape index (κ3) is 2.97. The van der Waals surface area contributed by atoms with Crippen LogP contribution < -0.4 is 0 Å². The third-order valence-electron chi connectivity index (χ3n) is 4.04. The van der Waals surface area contributed by atoms with Crippen LogP contribution in [0.5, 0.6) is 0 Å². The van der Waals surface area contributed by atoms with Crippen LogP contribution in [0.4, 0.5) is 13.2 Å². The van der Waals surface area contributed by atoms with Gasteiger partial charge in [0.15, 0.2) is 0 Å². The molecular formula is C15H17F3O2. The molecule has 0 aliphatic heterocycles. The normalized spacial score (nSPS) is 18.8. The van der Waals surface area contributed by atoms with E-state index in [-0.39, 0.29) is 5.56 Å². The van der Waals surface area contributed by atoms with Gasteiger partial charge in [-0.3, -0.25) is 4.79 Å². The van der Waals surface area contributed by atoms with E-state index in [4.69, 9.17) is 0 Å². The molecule has 0 saturated heterocycles. The minimum absolute atomic E-state index is 0.0873. The van der Waals surface area contributed by atoms with Gasteiger partial charge in [-0.2, -0.15) is 13.2 Å². The van der Waals surface area contributed by atoms with E-state index in [1.54, 1.807) is 12.1 Å². The van der Waals surface area contributed by atoms with Crippen LogP contribution in [0.25, 0.3) is 0 Å². The Morgan fingerprint density at radius 3 is 2.30 bits per heavy atom. The van der Waals surface area contributed by atoms with Gasteiger partial charge in [-0.25, -0.2) is 0 Å². The minimum atomic E-state index is -4.33. The Kier molecular flexibility index (Phi) is 4.06. The van der Waals surface area contributed by atoms with Gasteiger partial charge < -0.3 is 5.11 Å². The highest BCUT2D eigenvalue weighted by molar-refractivity contribution is 5.82. The van der Waals surface area contributed by atoms with Crippen LogP contribution in [0.1, 0.15) is 43.2 Å². The summed E-state index contributed by atoms with van der Waals surface area (Å²) in [6.45, 7) is 0. The van der Waals surface area contributed by atoms with E-state index in [0.29, 0.717) is 18.4 Å². The summed E-state index contributed by atoms with van der Waals surface area (Å²) in [4.78, 5) is 11.7. The lowest BCUT2D eigenvalue weighted by Crippen LogP contribution is -2.39. The Labute approximate surface area is 115 Å². The van der Waals surface area contributed by atoms with Crippen molar-refractivity contribution >= 4 is 5.97 Å². The third-order valence-corrected chi connectivity index (χ3v) is 4.04. The second-order valence-corrected chi connectivity index (χ2v) is 5.40. The quantitative estimate of drug-likeness (QED) is 0.909. The highest BCUT2D eigenvalue weighted by Gasteiger charge is 2.43. The van der Waals surface area contributed by atoms with Crippen molar-refractivity contribution in [2.24, 2.45) is 0 Å². The first-order valence-corrected chi connectivity index (χ1v) is 6.74. The fraction of sp³-hybridized carbons (Fsp3) is 0.533. The molecule has 1 fully saturated rings. The van der Waals surface area contributed by atoms with E-state index in [2.05, 4.69) is 0 Å². The van der Waals surface area contributed by atoms with Crippen molar-refractivity contribution in [3.8, 4) is 0 Å². The van der Waals surface area contributed by atoms with Gasteiger partial charge in [0, 0.05) is 0 Å². The number of aliphatic carboxylic acids is 1. The largest absolute Gasteiger partial charge is 0.481 e. The van der Waals surface area contributed by atoms with Crippen LogP contribution in [0, 0.1) is 0 Å². The molecule has 5 heteroatoms. The molecular weight excluding hydrogens is 269 g/mol. The molecule has 1 saturated carbocycles. The van der Waals surface area contributed by atoms with E-state index in [9.17, 15) is 23.1 Å². The first-order valence-electron chi connectivity index (χ1n) is 6.74. The van der Waals surface area contributed by atoms with Gasteiger partial charge in [-0.15, -0.1) is 0 Å². The summed E-state index contributed by atoms with van der Waals surface area (Å²) >= 11 is 0. The fourth-order valence-electron chi connectivity index (χ4n) is 3.11. The summed E-state index contributed by atoms with van der Waals surface area (Å²) in [6, 6.07) is 6.08. The van der Waals surface area contributed by atoms with Crippen LogP contribution in [0.15, 0.2) is 24.3 Å². The van der Waals surface area contributed by atoms with Crippen LogP contribution >= 0.6 is 0 Å². The highest BCUT2D eigenvalue weighted by Crippen LogP contribution is 2.42. The first-order chi connectivity index (χ1) is 9.35. The standard InChI is InChI=1S/C15H17F3O2/c16-15(17,18)10-11-6-2-3-7-12(11)14(13(19)20)8-4-1-5-9-14/h2-3,6-7H,1,4-5,8-10H2,(H,19,20). The van der Waals surface area contributed by atoms with E-state index in [1.807, 2.05) is 0 Å². The molecule has 110 valence electrons. The molecule has 1 aromatic carbocycles. The lowest BCUT2D eigenvalue weighted by atomic mass is 9.68. The molecule has 0 aromatic heterocycles. The number of carbonyl (C=O) groups is 1. The second kappa shape index (κ2) is 5.46. The summed E-state index contributed by atoms with van der Waals surface area (Å²) in [5.41, 5.74) is -0.728. The summed E-state index contributed by atoms with van der Waals surface area (Å²) in [5, 5.41) is 9.58. The summed E-state index contributed by atoms with van der Waals surface area (Å²) in [6.07, 6.45) is -2.15. The average molecular weight is 286 g/mol. The Morgan fingerprint density at radius 2 is 1.75 bits per heavy atom. The second-order valence-electron chi connectivity index (χ2n) is 5.40. The minimum Gasteiger partial charge on any atom is -0.481 e. The van der Waals surface area contributed by atoms with Crippen molar-refractivity contribution < 1.29 is 23.1 Å². The molecule has 0 radical (unpaired) electrons. The highest BCUT2D eigenvalue weighted by atomic mass is 19.4. The molecule has 2 nitrogen and oxygen atoms in total. The predicted molar refractivity (Wildman–Crippen MR) is 68.6 cm³/mol. The Bertz CT molecular complexity index is 488. The summed E-state index contributed by atoms with van der Waals surface area (Å²) < 4.78 is 38.0. The van der Waals surface area contributed by atoms with Gasteiger partial charge in [-0.05, 0) is 24.0 Å². The van der Waals surface area contributed by atoms with Gasteiger partial charge in [0.2, 0.25) is 0 Å². The zero-order chi connectivity index (χ0) is 14.8. The predicted octanol–water partition coefficient (Wildman–Crippen LogP) is 4.08. The average Bonchev–Trinajstić information content (AvgIpc) is 2.38. The number of benzene rings is 1. The molecule has 0 heterocycles. The van der Waals surface area contributed by atoms with Crippen LogP contribution in [-0.2, 0) is 16.6 Å². The summed E-state index contributed by atoms with van der Waals surface area (Å²) in [7, 11) is 0. The number of halogens is 3. The van der Waals surface area contributed by atoms with E-state index in [0.717, 1.165) is 19.3 Å². The maximum Gasteiger partial charge on any atom is 0.393 e. The molecule has 2 rings (SSSR count). The van der Waals surface area contributed by atoms with Gasteiger partial charge in [0.25, 0.3) is 0 Å². The van der Waals surface area contributed by atoms with Gasteiger partial charge in [0.1, 0.15) is 0 Å².